The second-order valence-corrected chi connectivity index (χ2v) is 4.34. The first kappa shape index (κ1) is 17.5. The number of aromatic nitrogens is 3. The van der Waals surface area contributed by atoms with Crippen LogP contribution in [0.15, 0.2) is 6.20 Å². The maximum atomic E-state index is 12.4. The lowest BCUT2D eigenvalue weighted by Crippen LogP contribution is -2.37. The van der Waals surface area contributed by atoms with Crippen molar-refractivity contribution in [2.75, 3.05) is 46.1 Å². The molecule has 1 heterocycles. The van der Waals surface area contributed by atoms with Crippen molar-refractivity contribution < 1.29 is 14.3 Å². The van der Waals surface area contributed by atoms with Crippen LogP contribution in [0, 0.1) is 0 Å². The molecule has 1 aromatic rings. The van der Waals surface area contributed by atoms with Crippen LogP contribution in [-0.2, 0) is 16.0 Å². The van der Waals surface area contributed by atoms with Crippen LogP contribution >= 0.6 is 0 Å². The first-order valence-electron chi connectivity index (χ1n) is 7.27. The summed E-state index contributed by atoms with van der Waals surface area (Å²) in [6, 6.07) is 0. The summed E-state index contributed by atoms with van der Waals surface area (Å²) in [7, 11) is 0. The van der Waals surface area contributed by atoms with Gasteiger partial charge in [0.25, 0.3) is 5.91 Å². The Labute approximate surface area is 125 Å². The summed E-state index contributed by atoms with van der Waals surface area (Å²) in [5, 5.41) is 7.78. The molecule has 0 bridgehead atoms. The minimum Gasteiger partial charge on any atom is -0.380 e. The molecule has 0 fully saturated rings. The molecule has 0 radical (unpaired) electrons. The maximum absolute atomic E-state index is 12.4. The number of amides is 1. The van der Waals surface area contributed by atoms with Crippen LogP contribution in [0.25, 0.3) is 0 Å². The van der Waals surface area contributed by atoms with Gasteiger partial charge in [-0.2, -0.15) is 0 Å². The van der Waals surface area contributed by atoms with E-state index < -0.39 is 0 Å². The van der Waals surface area contributed by atoms with Gasteiger partial charge in [-0.05, 0) is 13.8 Å². The standard InChI is InChI=1S/C13H25N5O3/c1-3-20-9-7-17(8-10-21-4-2)13(19)12-11-18(6-5-14)16-15-12/h11H,3-10,14H2,1-2H3. The van der Waals surface area contributed by atoms with E-state index in [0.29, 0.717) is 58.3 Å². The van der Waals surface area contributed by atoms with Crippen LogP contribution in [-0.4, -0.2) is 71.9 Å². The Balaban J connectivity index is 2.62. The lowest BCUT2D eigenvalue weighted by molar-refractivity contribution is 0.0545. The van der Waals surface area contributed by atoms with Gasteiger partial charge in [0.1, 0.15) is 0 Å². The normalized spacial score (nSPS) is 10.8. The fourth-order valence-electron chi connectivity index (χ4n) is 1.75. The smallest absolute Gasteiger partial charge is 0.276 e. The molecule has 120 valence electrons. The summed E-state index contributed by atoms with van der Waals surface area (Å²) in [6.45, 7) is 8.08. The third-order valence-electron chi connectivity index (χ3n) is 2.82. The van der Waals surface area contributed by atoms with Gasteiger partial charge < -0.3 is 20.1 Å². The van der Waals surface area contributed by atoms with E-state index in [1.165, 1.54) is 0 Å². The monoisotopic (exact) mass is 299 g/mol. The van der Waals surface area contributed by atoms with Crippen LogP contribution in [0.3, 0.4) is 0 Å². The zero-order valence-corrected chi connectivity index (χ0v) is 12.8. The summed E-state index contributed by atoms with van der Waals surface area (Å²) in [5.41, 5.74) is 5.77. The molecule has 0 aliphatic carbocycles. The fourth-order valence-corrected chi connectivity index (χ4v) is 1.75. The van der Waals surface area contributed by atoms with Crippen molar-refractivity contribution >= 4 is 5.91 Å². The second-order valence-electron chi connectivity index (χ2n) is 4.34. The molecule has 21 heavy (non-hydrogen) atoms. The Bertz CT molecular complexity index is 400. The van der Waals surface area contributed by atoms with Gasteiger partial charge >= 0.3 is 0 Å². The molecule has 0 aliphatic rings. The number of nitrogens with zero attached hydrogens (tertiary/aromatic N) is 4. The van der Waals surface area contributed by atoms with Crippen LogP contribution in [0.5, 0.6) is 0 Å². The van der Waals surface area contributed by atoms with Crippen molar-refractivity contribution in [3.63, 3.8) is 0 Å². The van der Waals surface area contributed by atoms with E-state index in [1.807, 2.05) is 13.8 Å². The Hall–Kier alpha value is -1.51. The van der Waals surface area contributed by atoms with Gasteiger partial charge in [0.2, 0.25) is 0 Å². The first-order chi connectivity index (χ1) is 10.2. The second kappa shape index (κ2) is 10.3. The zero-order valence-electron chi connectivity index (χ0n) is 12.8. The number of ether oxygens (including phenoxy) is 2. The molecule has 8 heteroatoms. The topological polar surface area (TPSA) is 95.5 Å². The largest absolute Gasteiger partial charge is 0.380 e. The lowest BCUT2D eigenvalue weighted by Gasteiger charge is -2.21. The zero-order chi connectivity index (χ0) is 15.5. The number of hydrogen-bond donors (Lipinski definition) is 1. The van der Waals surface area contributed by atoms with Crippen molar-refractivity contribution in [3.8, 4) is 0 Å². The number of hydrogen-bond acceptors (Lipinski definition) is 6. The molecule has 1 amide bonds. The number of carbonyl (C=O) groups is 1. The van der Waals surface area contributed by atoms with Gasteiger partial charge in [0.05, 0.1) is 26.0 Å². The molecule has 1 aromatic heterocycles. The van der Waals surface area contributed by atoms with Gasteiger partial charge in [-0.1, -0.05) is 5.21 Å². The van der Waals surface area contributed by atoms with Crippen LogP contribution in [0.1, 0.15) is 24.3 Å². The van der Waals surface area contributed by atoms with E-state index in [-0.39, 0.29) is 5.91 Å². The Morgan fingerprint density at radius 1 is 1.29 bits per heavy atom. The molecule has 0 spiro atoms. The molecule has 1 rings (SSSR count). The van der Waals surface area contributed by atoms with E-state index in [1.54, 1.807) is 15.8 Å². The summed E-state index contributed by atoms with van der Waals surface area (Å²) in [6.07, 6.45) is 1.61. The molecule has 0 saturated carbocycles. The highest BCUT2D eigenvalue weighted by atomic mass is 16.5. The fraction of sp³-hybridized carbons (Fsp3) is 0.769. The molecule has 0 atom stereocenters. The average Bonchev–Trinajstić information content (AvgIpc) is 2.94. The SMILES string of the molecule is CCOCCN(CCOCC)C(=O)c1cn(CCN)nn1. The first-order valence-corrected chi connectivity index (χ1v) is 7.27. The molecule has 0 aliphatic heterocycles. The van der Waals surface area contributed by atoms with Crippen LogP contribution in [0.2, 0.25) is 0 Å². The maximum Gasteiger partial charge on any atom is 0.276 e. The number of carbonyl (C=O) groups excluding carboxylic acids is 1. The van der Waals surface area contributed by atoms with Gasteiger partial charge in [-0.15, -0.1) is 5.10 Å². The molecule has 0 unspecified atom stereocenters. The van der Waals surface area contributed by atoms with Crippen LogP contribution in [0.4, 0.5) is 0 Å². The molecular weight excluding hydrogens is 274 g/mol. The molecule has 2 N–H and O–H groups in total. The highest BCUT2D eigenvalue weighted by Gasteiger charge is 2.18. The summed E-state index contributed by atoms with van der Waals surface area (Å²) in [4.78, 5) is 14.1. The number of rotatable bonds is 11. The van der Waals surface area contributed by atoms with Gasteiger partial charge in [0.15, 0.2) is 5.69 Å². The lowest BCUT2D eigenvalue weighted by atomic mass is 10.3. The molecule has 0 saturated heterocycles. The van der Waals surface area contributed by atoms with Crippen molar-refractivity contribution in [2.45, 2.75) is 20.4 Å². The van der Waals surface area contributed by atoms with Gasteiger partial charge in [-0.3, -0.25) is 9.48 Å². The minimum atomic E-state index is -0.169. The Morgan fingerprint density at radius 2 is 1.90 bits per heavy atom. The van der Waals surface area contributed by atoms with Crippen LogP contribution < -0.4 is 5.73 Å². The molecule has 0 aromatic carbocycles. The van der Waals surface area contributed by atoms with Gasteiger partial charge in [-0.25, -0.2) is 0 Å². The van der Waals surface area contributed by atoms with Crippen molar-refractivity contribution in [1.82, 2.24) is 19.9 Å². The molecular formula is C13H25N5O3. The quantitative estimate of drug-likeness (QED) is 0.566. The predicted molar refractivity (Wildman–Crippen MR) is 78.0 cm³/mol. The predicted octanol–water partition coefficient (Wildman–Crippen LogP) is -0.248. The van der Waals surface area contributed by atoms with Crippen molar-refractivity contribution in [2.24, 2.45) is 5.73 Å². The average molecular weight is 299 g/mol. The highest BCUT2D eigenvalue weighted by molar-refractivity contribution is 5.91. The summed E-state index contributed by atoms with van der Waals surface area (Å²) in [5.74, 6) is -0.169. The van der Waals surface area contributed by atoms with Crippen molar-refractivity contribution in [3.05, 3.63) is 11.9 Å². The van der Waals surface area contributed by atoms with E-state index in [9.17, 15) is 4.79 Å². The minimum absolute atomic E-state index is 0.169. The summed E-state index contributed by atoms with van der Waals surface area (Å²) >= 11 is 0. The number of nitrogens with two attached hydrogens (primary N) is 1. The van der Waals surface area contributed by atoms with E-state index in [0.717, 1.165) is 0 Å². The third kappa shape index (κ3) is 6.19. The third-order valence-corrected chi connectivity index (χ3v) is 2.82. The van der Waals surface area contributed by atoms with E-state index in [4.69, 9.17) is 15.2 Å². The van der Waals surface area contributed by atoms with E-state index in [2.05, 4.69) is 10.3 Å². The summed E-state index contributed by atoms with van der Waals surface area (Å²) < 4.78 is 12.2. The highest BCUT2D eigenvalue weighted by Crippen LogP contribution is 2.02. The Kier molecular flexibility index (Phi) is 8.56. The molecule has 8 nitrogen and oxygen atoms in total. The Morgan fingerprint density at radius 3 is 2.43 bits per heavy atom. The van der Waals surface area contributed by atoms with Gasteiger partial charge in [0, 0.05) is 32.8 Å². The van der Waals surface area contributed by atoms with E-state index >= 15 is 0 Å². The van der Waals surface area contributed by atoms with Crippen molar-refractivity contribution in [1.29, 1.82) is 0 Å².